The van der Waals surface area contributed by atoms with Gasteiger partial charge in [-0.25, -0.2) is 71.8 Å². The van der Waals surface area contributed by atoms with E-state index >= 15 is 0 Å². The smallest absolute Gasteiger partial charge is 0.420 e. The third-order valence-electron chi connectivity index (χ3n) is 24.9. The van der Waals surface area contributed by atoms with Crippen LogP contribution in [-0.2, 0) is 39.8 Å². The van der Waals surface area contributed by atoms with E-state index in [0.29, 0.717) is 35.1 Å². The summed E-state index contributed by atoms with van der Waals surface area (Å²) in [4.78, 5) is 109. The van der Waals surface area contributed by atoms with E-state index in [1.165, 1.54) is 90.8 Å². The van der Waals surface area contributed by atoms with Gasteiger partial charge in [0.15, 0.2) is 11.6 Å². The number of alkyl carbamates (subject to hydrolysis) is 1. The maximum Gasteiger partial charge on any atom is 0.420 e. The molecule has 140 heavy (non-hydrogen) atoms. The van der Waals surface area contributed by atoms with E-state index in [-0.39, 0.29) is 67.6 Å². The summed E-state index contributed by atoms with van der Waals surface area (Å²) in [5.41, 5.74) is 6.03. The van der Waals surface area contributed by atoms with E-state index in [1.807, 2.05) is 286 Å². The van der Waals surface area contributed by atoms with Gasteiger partial charge < -0.3 is 58.7 Å². The van der Waals surface area contributed by atoms with Crippen LogP contribution in [-0.4, -0.2) is 189 Å². The lowest BCUT2D eigenvalue weighted by Gasteiger charge is -2.68. The van der Waals surface area contributed by atoms with E-state index in [9.17, 15) is 38.7 Å². The quantitative estimate of drug-likeness (QED) is 0.0924. The van der Waals surface area contributed by atoms with E-state index in [0.717, 1.165) is 104 Å². The number of para-hydroxylation sites is 6. The third kappa shape index (κ3) is 28.1. The Labute approximate surface area is 824 Å². The second kappa shape index (κ2) is 44.3. The molecule has 4 N–H and O–H groups in total. The van der Waals surface area contributed by atoms with Gasteiger partial charge in [0.1, 0.15) is 57.5 Å². The average molecular weight is 1920 g/mol. The van der Waals surface area contributed by atoms with Crippen molar-refractivity contribution in [3.63, 3.8) is 0 Å². The molecular formula is C112H147N11O17. The summed E-state index contributed by atoms with van der Waals surface area (Å²) in [6.07, 6.45) is 15.5. The SMILES string of the molecule is CC(C)(C)OC(=O)N(C12CC3CC(CC(C3)C1)C2)C12CC3CC(CC(C3)C1)C2.CC(C)(C)OC(=O)N1CCCC1CO.CC(C)(C)OC(=O)NCCO.CC(C)(C)OC(=O)n1c(-c2ccccc2)nc(-c2ccccc2)c1-c1ccccc1.CC(C)(C)OC(=O)n1c(-c2ccccc2)nc2ccccc21.CC(C)(C)OC(=O)n1c(CO)nc2ccccc21.Cc1nc2ccccc2n1C(=O)OC(C)(C)C. The number of nitrogens with one attached hydrogen (secondary N) is 1. The Morgan fingerprint density at radius 2 is 0.700 bits per heavy atom. The van der Waals surface area contributed by atoms with Crippen molar-refractivity contribution < 1.29 is 82.0 Å². The van der Waals surface area contributed by atoms with Crippen LogP contribution in [0.5, 0.6) is 0 Å². The first-order valence-corrected chi connectivity index (χ1v) is 49.3. The van der Waals surface area contributed by atoms with Gasteiger partial charge in [0.25, 0.3) is 0 Å². The van der Waals surface area contributed by atoms with Gasteiger partial charge in [0.05, 0.1) is 63.7 Å². The number of hydrogen-bond donors (Lipinski definition) is 4. The fourth-order valence-corrected chi connectivity index (χ4v) is 21.0. The Kier molecular flexibility index (Phi) is 33.7. The van der Waals surface area contributed by atoms with Gasteiger partial charge in [-0.2, -0.15) is 0 Å². The maximum atomic E-state index is 13.9. The van der Waals surface area contributed by atoms with Gasteiger partial charge in [-0.05, 0) is 314 Å². The Balaban J connectivity index is 0.000000150. The molecule has 28 heteroatoms. The lowest BCUT2D eigenvalue weighted by molar-refractivity contribution is -0.168. The van der Waals surface area contributed by atoms with Gasteiger partial charge in [0.2, 0.25) is 0 Å². The van der Waals surface area contributed by atoms with Crippen molar-refractivity contribution in [2.24, 2.45) is 35.5 Å². The molecule has 9 fully saturated rings. The molecule has 8 saturated carbocycles. The topological polar surface area (TPSA) is 335 Å². The number of ether oxygens (including phenoxy) is 7. The van der Waals surface area contributed by atoms with Crippen LogP contribution in [0.4, 0.5) is 33.6 Å². The van der Waals surface area contributed by atoms with E-state index in [4.69, 9.17) is 48.4 Å². The predicted octanol–water partition coefficient (Wildman–Crippen LogP) is 24.6. The fraction of sp³-hybridized carbons (Fsp3) is 0.509. The van der Waals surface area contributed by atoms with Crippen LogP contribution in [0.1, 0.15) is 247 Å². The van der Waals surface area contributed by atoms with Gasteiger partial charge in [-0.1, -0.05) is 158 Å². The number of likely N-dealkylation sites (tertiary alicyclic amines) is 1. The highest BCUT2D eigenvalue weighted by atomic mass is 16.6. The molecule has 0 radical (unpaired) electrons. The predicted molar refractivity (Wildman–Crippen MR) is 545 cm³/mol. The molecular weight excluding hydrogens is 1770 g/mol. The molecule has 1 aliphatic heterocycles. The average Bonchev–Trinajstić information content (AvgIpc) is 0.990. The number of carbonyl (C=O) groups excluding carboxylic acids is 7. The van der Waals surface area contributed by atoms with Crippen LogP contribution in [0, 0.1) is 42.4 Å². The summed E-state index contributed by atoms with van der Waals surface area (Å²) >= 11 is 0. The highest BCUT2D eigenvalue weighted by Crippen LogP contribution is 2.65. The number of imidazole rings is 4. The molecule has 1 atom stereocenters. The Bertz CT molecular complexity index is 5940. The monoisotopic (exact) mass is 1920 g/mol. The lowest BCUT2D eigenvalue weighted by Crippen LogP contribution is -2.72. The number of amides is 3. The standard InChI is InChI=1S/C26H24N2O2.C25H39NO2.C18H18N2O2.C13H16N2O3.C13H16N2O2.C10H19NO3.C7H15NO3/c1-26(2,3)30-25(29)28-23(20-15-9-5-10-16-20)22(19-13-7-4-8-14-19)27-24(28)21-17-11-6-12-18-21;1-23(2,3)28-22(27)26(24-10-16-4-17(11-24)6-18(5-16)12-24)25-13-19-7-20(14-25)9-21(8-19)15-25;1-18(2,3)22-17(21)20-15-12-8-7-11-14(15)19-16(20)13-9-5-4-6-10-13;1-13(2,3)18-12(17)15-10-7-5-4-6-9(10)14-11(15)8-16;1-9-14-10-7-5-6-8-11(10)15(9)12(16)17-13(2,3)4;1-10(2,3)14-9(13)11-6-4-5-8(11)7-12;1-7(2,3)11-6(10)8-4-5-9/h4-18H,1-3H3;16-21H,4-15H2,1-3H3;4-12H,1-3H3;4-7,16H,8H2,1-3H3;5-8H,1-4H3;8,12H,4-7H2,1-3H3;9H,4-5H2,1-3H3,(H,8,10). The number of nitrogens with zero attached hydrogens (tertiary/aromatic N) is 10. The maximum absolute atomic E-state index is 13.9. The van der Waals surface area contributed by atoms with Gasteiger partial charge in [-0.15, -0.1) is 0 Å². The largest absolute Gasteiger partial charge is 0.444 e. The zero-order valence-electron chi connectivity index (χ0n) is 86.0. The number of aromatic nitrogens is 8. The number of hydrogen-bond acceptors (Lipinski definition) is 21. The van der Waals surface area contributed by atoms with Crippen LogP contribution in [0.15, 0.2) is 194 Å². The van der Waals surface area contributed by atoms with Gasteiger partial charge >= 0.3 is 42.7 Å². The van der Waals surface area contributed by atoms with Gasteiger partial charge in [-0.3, -0.25) is 4.90 Å². The number of aliphatic hydroxyl groups excluding tert-OH is 3. The van der Waals surface area contributed by atoms with E-state index in [1.54, 1.807) is 70.1 Å². The molecule has 20 rings (SSSR count). The molecule has 3 amide bonds. The molecule has 9 aliphatic rings. The molecule has 1 unspecified atom stereocenters. The number of benzene rings is 7. The molecule has 4 aromatic heterocycles. The van der Waals surface area contributed by atoms with E-state index < -0.39 is 63.6 Å². The molecule has 11 aromatic rings. The van der Waals surface area contributed by atoms with Crippen molar-refractivity contribution in [1.29, 1.82) is 0 Å². The number of aliphatic hydroxyl groups is 3. The van der Waals surface area contributed by atoms with Crippen molar-refractivity contribution in [2.75, 3.05) is 26.3 Å². The summed E-state index contributed by atoms with van der Waals surface area (Å²) in [6.45, 7) is 41.5. The summed E-state index contributed by atoms with van der Waals surface area (Å²) in [7, 11) is 0. The third-order valence-corrected chi connectivity index (χ3v) is 24.9. The first-order chi connectivity index (χ1) is 65.8. The molecule has 0 spiro atoms. The number of rotatable bonds is 10. The molecule has 5 heterocycles. The number of fused-ring (bicyclic) bond motifs is 3. The summed E-state index contributed by atoms with van der Waals surface area (Å²) in [6, 6.07) is 61.3. The second-order valence-electron chi connectivity index (χ2n) is 45.0. The van der Waals surface area contributed by atoms with Crippen molar-refractivity contribution in [3.05, 3.63) is 206 Å². The zero-order chi connectivity index (χ0) is 102. The van der Waals surface area contributed by atoms with E-state index in [2.05, 4.69) is 25.2 Å². The minimum atomic E-state index is -0.629. The minimum absolute atomic E-state index is 0.0270. The minimum Gasteiger partial charge on any atom is -0.444 e. The second-order valence-corrected chi connectivity index (χ2v) is 45.0. The van der Waals surface area contributed by atoms with Crippen LogP contribution in [0.3, 0.4) is 0 Å². The molecule has 8 bridgehead atoms. The Hall–Kier alpha value is -12.3. The normalized spacial score (nSPS) is 20.5. The van der Waals surface area contributed by atoms with Crippen molar-refractivity contribution in [2.45, 2.75) is 305 Å². The van der Waals surface area contributed by atoms with Crippen molar-refractivity contribution >= 4 is 75.8 Å². The zero-order valence-corrected chi connectivity index (χ0v) is 86.0. The van der Waals surface area contributed by atoms with Gasteiger partial charge in [0, 0.05) is 46.4 Å². The molecule has 28 nitrogen and oxygen atoms in total. The Morgan fingerprint density at radius 3 is 1.09 bits per heavy atom. The summed E-state index contributed by atoms with van der Waals surface area (Å²) in [5, 5.41) is 29.0. The molecule has 8 aliphatic carbocycles. The summed E-state index contributed by atoms with van der Waals surface area (Å²) < 4.78 is 44.2. The van der Waals surface area contributed by atoms with Crippen LogP contribution in [0.2, 0.25) is 0 Å². The van der Waals surface area contributed by atoms with Crippen molar-refractivity contribution in [1.82, 2.24) is 53.3 Å². The highest BCUT2D eigenvalue weighted by Gasteiger charge is 2.64. The molecule has 7 aromatic carbocycles. The number of aryl methyl sites for hydroxylation is 1. The fourth-order valence-electron chi connectivity index (χ4n) is 21.0. The lowest BCUT2D eigenvalue weighted by atomic mass is 9.48. The first-order valence-electron chi connectivity index (χ1n) is 49.3. The number of carbonyl (C=O) groups is 7. The van der Waals surface area contributed by atoms with Crippen LogP contribution in [0.25, 0.3) is 78.4 Å². The van der Waals surface area contributed by atoms with Crippen molar-refractivity contribution in [3.8, 4) is 45.3 Å². The summed E-state index contributed by atoms with van der Waals surface area (Å²) in [5.74, 6) is 7.27. The first kappa shape index (κ1) is 107. The van der Waals surface area contributed by atoms with Crippen LogP contribution >= 0.6 is 0 Å². The molecule has 752 valence electrons. The van der Waals surface area contributed by atoms with Crippen LogP contribution < -0.4 is 5.32 Å². The Morgan fingerprint density at radius 1 is 0.371 bits per heavy atom. The highest BCUT2D eigenvalue weighted by molar-refractivity contribution is 5.94. The molecule has 1 saturated heterocycles.